The van der Waals surface area contributed by atoms with Gasteiger partial charge < -0.3 is 15.0 Å². The minimum absolute atomic E-state index is 0.0761. The normalized spacial score (nSPS) is 17.9. The van der Waals surface area contributed by atoms with Crippen molar-refractivity contribution in [2.75, 3.05) is 25.0 Å². The number of urea groups is 1. The average Bonchev–Trinajstić information content (AvgIpc) is 2.53. The van der Waals surface area contributed by atoms with Crippen LogP contribution in [-0.2, 0) is 4.74 Å². The fourth-order valence-electron chi connectivity index (χ4n) is 2.54. The Morgan fingerprint density at radius 2 is 2.05 bits per heavy atom. The van der Waals surface area contributed by atoms with E-state index in [9.17, 15) is 9.59 Å². The number of amides is 2. The van der Waals surface area contributed by atoms with Gasteiger partial charge in [-0.1, -0.05) is 13.8 Å². The second kappa shape index (κ2) is 7.82. The third-order valence-electron chi connectivity index (χ3n) is 3.75. The number of hydrogen-bond donors (Lipinski definition) is 1. The number of rotatable bonds is 4. The number of likely N-dealkylation sites (tertiary alicyclic amines) is 1. The molecule has 1 fully saturated rings. The van der Waals surface area contributed by atoms with Crippen molar-refractivity contribution in [3.8, 4) is 0 Å². The largest absolute Gasteiger partial charge is 0.462 e. The number of esters is 1. The van der Waals surface area contributed by atoms with Crippen molar-refractivity contribution in [1.82, 2.24) is 4.90 Å². The lowest BCUT2D eigenvalue weighted by Crippen LogP contribution is -2.41. The molecular formula is C17H24N2O3. The van der Waals surface area contributed by atoms with Crippen LogP contribution in [0, 0.1) is 5.92 Å². The number of carbonyl (C=O) groups excluding carboxylic acids is 2. The Morgan fingerprint density at radius 1 is 1.32 bits per heavy atom. The number of nitrogens with one attached hydrogen (secondary N) is 1. The molecule has 1 saturated heterocycles. The summed E-state index contributed by atoms with van der Waals surface area (Å²) in [4.78, 5) is 25.7. The van der Waals surface area contributed by atoms with Crippen LogP contribution >= 0.6 is 0 Å². The van der Waals surface area contributed by atoms with E-state index in [-0.39, 0.29) is 12.0 Å². The second-order valence-electron chi connectivity index (χ2n) is 5.84. The van der Waals surface area contributed by atoms with E-state index in [0.717, 1.165) is 25.9 Å². The Kier molecular flexibility index (Phi) is 5.81. The Bertz CT molecular complexity index is 513. The van der Waals surface area contributed by atoms with E-state index in [0.29, 0.717) is 23.8 Å². The van der Waals surface area contributed by atoms with Crippen molar-refractivity contribution in [3.05, 3.63) is 29.8 Å². The van der Waals surface area contributed by atoms with Crippen LogP contribution in [0.25, 0.3) is 0 Å². The number of hydrogen-bond acceptors (Lipinski definition) is 3. The van der Waals surface area contributed by atoms with Gasteiger partial charge in [-0.2, -0.15) is 0 Å². The standard InChI is InChI=1S/C17H24N2O3/c1-3-11-22-16(20)14-6-8-15(9-7-14)18-17(21)19-10-4-5-13(2)12-19/h6-9,13H,3-5,10-12H2,1-2H3,(H,18,21)/t13-/m1/s1. The molecule has 0 aliphatic carbocycles. The summed E-state index contributed by atoms with van der Waals surface area (Å²) in [6.45, 7) is 6.14. The second-order valence-corrected chi connectivity index (χ2v) is 5.84. The highest BCUT2D eigenvalue weighted by atomic mass is 16.5. The molecule has 120 valence electrons. The molecule has 1 aliphatic heterocycles. The van der Waals surface area contributed by atoms with Crippen LogP contribution in [0.15, 0.2) is 24.3 Å². The summed E-state index contributed by atoms with van der Waals surface area (Å²) >= 11 is 0. The van der Waals surface area contributed by atoms with Gasteiger partial charge in [-0.15, -0.1) is 0 Å². The summed E-state index contributed by atoms with van der Waals surface area (Å²) in [5.41, 5.74) is 1.19. The van der Waals surface area contributed by atoms with E-state index >= 15 is 0 Å². The molecule has 1 aliphatic rings. The number of anilines is 1. The molecule has 1 aromatic rings. The lowest BCUT2D eigenvalue weighted by molar-refractivity contribution is 0.0505. The molecule has 0 bridgehead atoms. The molecular weight excluding hydrogens is 280 g/mol. The lowest BCUT2D eigenvalue weighted by Gasteiger charge is -2.30. The van der Waals surface area contributed by atoms with Crippen LogP contribution in [0.5, 0.6) is 0 Å². The van der Waals surface area contributed by atoms with Crippen molar-refractivity contribution in [1.29, 1.82) is 0 Å². The molecule has 2 rings (SSSR count). The lowest BCUT2D eigenvalue weighted by atomic mass is 10.0. The Balaban J connectivity index is 1.90. The molecule has 1 atom stereocenters. The number of piperidine rings is 1. The fourth-order valence-corrected chi connectivity index (χ4v) is 2.54. The summed E-state index contributed by atoms with van der Waals surface area (Å²) in [5.74, 6) is 0.222. The molecule has 0 radical (unpaired) electrons. The van der Waals surface area contributed by atoms with Gasteiger partial charge in [0.2, 0.25) is 0 Å². The van der Waals surface area contributed by atoms with E-state index in [1.165, 1.54) is 6.42 Å². The van der Waals surface area contributed by atoms with Gasteiger partial charge in [-0.05, 0) is 49.4 Å². The van der Waals surface area contributed by atoms with Gasteiger partial charge >= 0.3 is 12.0 Å². The highest BCUT2D eigenvalue weighted by Crippen LogP contribution is 2.17. The number of benzene rings is 1. The first-order chi connectivity index (χ1) is 10.6. The highest BCUT2D eigenvalue weighted by molar-refractivity contribution is 5.92. The van der Waals surface area contributed by atoms with E-state index in [2.05, 4.69) is 12.2 Å². The van der Waals surface area contributed by atoms with Gasteiger partial charge in [0.05, 0.1) is 12.2 Å². The van der Waals surface area contributed by atoms with Crippen molar-refractivity contribution < 1.29 is 14.3 Å². The maximum absolute atomic E-state index is 12.2. The first-order valence-corrected chi connectivity index (χ1v) is 7.93. The Labute approximate surface area is 131 Å². The van der Waals surface area contributed by atoms with E-state index in [1.807, 2.05) is 11.8 Å². The molecule has 0 aromatic heterocycles. The predicted molar refractivity (Wildman–Crippen MR) is 86.0 cm³/mol. The quantitative estimate of drug-likeness (QED) is 0.866. The van der Waals surface area contributed by atoms with Crippen LogP contribution in [0.3, 0.4) is 0 Å². The zero-order valence-corrected chi connectivity index (χ0v) is 13.3. The van der Waals surface area contributed by atoms with E-state index in [1.54, 1.807) is 24.3 Å². The summed E-state index contributed by atoms with van der Waals surface area (Å²) < 4.78 is 5.07. The fraction of sp³-hybridized carbons (Fsp3) is 0.529. The number of ether oxygens (including phenoxy) is 1. The summed E-state index contributed by atoms with van der Waals surface area (Å²) in [6, 6.07) is 6.73. The van der Waals surface area contributed by atoms with E-state index in [4.69, 9.17) is 4.74 Å². The topological polar surface area (TPSA) is 58.6 Å². The minimum Gasteiger partial charge on any atom is -0.462 e. The summed E-state index contributed by atoms with van der Waals surface area (Å²) in [6.07, 6.45) is 3.03. The van der Waals surface area contributed by atoms with Crippen LogP contribution in [0.1, 0.15) is 43.5 Å². The maximum atomic E-state index is 12.2. The maximum Gasteiger partial charge on any atom is 0.338 e. The smallest absolute Gasteiger partial charge is 0.338 e. The van der Waals surface area contributed by atoms with E-state index < -0.39 is 0 Å². The molecule has 1 aromatic carbocycles. The SMILES string of the molecule is CCCOC(=O)c1ccc(NC(=O)N2CCC[C@@H](C)C2)cc1. The third-order valence-corrected chi connectivity index (χ3v) is 3.75. The van der Waals surface area contributed by atoms with Gasteiger partial charge in [0, 0.05) is 18.8 Å². The molecule has 1 N–H and O–H groups in total. The monoisotopic (exact) mass is 304 g/mol. The van der Waals surface area contributed by atoms with Crippen LogP contribution < -0.4 is 5.32 Å². The van der Waals surface area contributed by atoms with Crippen molar-refractivity contribution in [3.63, 3.8) is 0 Å². The van der Waals surface area contributed by atoms with Crippen molar-refractivity contribution in [2.24, 2.45) is 5.92 Å². The van der Waals surface area contributed by atoms with Crippen LogP contribution in [-0.4, -0.2) is 36.6 Å². The third kappa shape index (κ3) is 4.48. The highest BCUT2D eigenvalue weighted by Gasteiger charge is 2.20. The molecule has 0 spiro atoms. The van der Waals surface area contributed by atoms with Gasteiger partial charge in [0.1, 0.15) is 0 Å². The van der Waals surface area contributed by atoms with Gasteiger partial charge in [0.25, 0.3) is 0 Å². The Hall–Kier alpha value is -2.04. The minimum atomic E-state index is -0.329. The summed E-state index contributed by atoms with van der Waals surface area (Å²) in [7, 11) is 0. The van der Waals surface area contributed by atoms with Gasteiger partial charge in [-0.25, -0.2) is 9.59 Å². The molecule has 2 amide bonds. The number of nitrogens with zero attached hydrogens (tertiary/aromatic N) is 1. The van der Waals surface area contributed by atoms with Crippen molar-refractivity contribution in [2.45, 2.75) is 33.1 Å². The predicted octanol–water partition coefficient (Wildman–Crippen LogP) is 3.52. The first kappa shape index (κ1) is 16.3. The first-order valence-electron chi connectivity index (χ1n) is 7.93. The average molecular weight is 304 g/mol. The molecule has 1 heterocycles. The van der Waals surface area contributed by atoms with Crippen LogP contribution in [0.2, 0.25) is 0 Å². The van der Waals surface area contributed by atoms with Gasteiger partial charge in [-0.3, -0.25) is 0 Å². The number of carbonyl (C=O) groups is 2. The zero-order chi connectivity index (χ0) is 15.9. The Morgan fingerprint density at radius 3 is 2.68 bits per heavy atom. The molecule has 5 heteroatoms. The van der Waals surface area contributed by atoms with Crippen LogP contribution in [0.4, 0.5) is 10.5 Å². The van der Waals surface area contributed by atoms with Crippen molar-refractivity contribution >= 4 is 17.7 Å². The van der Waals surface area contributed by atoms with Gasteiger partial charge in [0.15, 0.2) is 0 Å². The zero-order valence-electron chi connectivity index (χ0n) is 13.3. The molecule has 22 heavy (non-hydrogen) atoms. The molecule has 0 unspecified atom stereocenters. The molecule has 5 nitrogen and oxygen atoms in total. The molecule has 0 saturated carbocycles. The summed E-state index contributed by atoms with van der Waals surface area (Å²) in [5, 5.41) is 2.88.